The number of hydrogen-bond acceptors (Lipinski definition) is 3. The van der Waals surface area contributed by atoms with Gasteiger partial charge in [-0.1, -0.05) is 30.3 Å². The topological polar surface area (TPSA) is 44.4 Å². The zero-order chi connectivity index (χ0) is 17.4. The van der Waals surface area contributed by atoms with Gasteiger partial charge in [0, 0.05) is 21.5 Å². The third-order valence-corrected chi connectivity index (χ3v) is 4.77. The summed E-state index contributed by atoms with van der Waals surface area (Å²) < 4.78 is 0. The van der Waals surface area contributed by atoms with Crippen molar-refractivity contribution in [1.29, 1.82) is 0 Å². The molecule has 5 heteroatoms. The Labute approximate surface area is 151 Å². The van der Waals surface area contributed by atoms with Gasteiger partial charge in [0.15, 0.2) is 0 Å². The molecule has 0 spiro atoms. The second-order valence-electron chi connectivity index (χ2n) is 6.40. The van der Waals surface area contributed by atoms with E-state index in [2.05, 4.69) is 44.5 Å². The van der Waals surface area contributed by atoms with E-state index in [1.54, 1.807) is 11.3 Å². The second-order valence-corrected chi connectivity index (χ2v) is 7.18. The van der Waals surface area contributed by atoms with E-state index < -0.39 is 0 Å². The van der Waals surface area contributed by atoms with Crippen molar-refractivity contribution < 1.29 is 7.65 Å². The maximum absolute atomic E-state index is 12.1. The molecule has 4 nitrogen and oxygen atoms in total. The minimum Gasteiger partial charge on any atom is -0.337 e. The van der Waals surface area contributed by atoms with E-state index in [0.717, 1.165) is 12.8 Å². The summed E-state index contributed by atoms with van der Waals surface area (Å²) >= 11 is 1.68. The number of nitrogens with zero attached hydrogens (tertiary/aromatic N) is 1. The first-order valence-electron chi connectivity index (χ1n) is 8.30. The van der Waals surface area contributed by atoms with Crippen LogP contribution in [0.4, 0.5) is 4.79 Å². The molecule has 1 heterocycles. The Morgan fingerprint density at radius 3 is 2.54 bits per heavy atom. The third-order valence-electron chi connectivity index (χ3n) is 4.04. The molecule has 0 aliphatic carbocycles. The number of amides is 2. The first kappa shape index (κ1) is 18.5. The molecule has 2 atom stereocenters. The monoisotopic (exact) mass is 349 g/mol. The number of likely N-dealkylation sites (N-methyl/N-ethyl adjacent to an activating group) is 1. The Hall–Kier alpha value is -1.85. The first-order valence-corrected chi connectivity index (χ1v) is 9.24. The van der Waals surface area contributed by atoms with Crippen molar-refractivity contribution in [2.75, 3.05) is 20.6 Å². The molecule has 2 aromatic rings. The summed E-state index contributed by atoms with van der Waals surface area (Å²) in [6.45, 7) is 2.66. The number of carbonyl (C=O) groups excluding carboxylic acids is 1. The van der Waals surface area contributed by atoms with Crippen LogP contribution in [0.3, 0.4) is 0 Å². The summed E-state index contributed by atoms with van der Waals surface area (Å²) in [7, 11) is 4.10. The van der Waals surface area contributed by atoms with Crippen molar-refractivity contribution in [3.05, 3.63) is 58.3 Å². The number of hydrogen-bond donors (Lipinski definition) is 2. The predicted octanol–water partition coefficient (Wildman–Crippen LogP) is 3.64. The van der Waals surface area contributed by atoms with Crippen LogP contribution in [0.1, 0.15) is 20.9 Å². The van der Waals surface area contributed by atoms with Crippen LogP contribution < -0.4 is 10.6 Å². The highest BCUT2D eigenvalue weighted by Gasteiger charge is 2.14. The molecule has 0 bridgehead atoms. The van der Waals surface area contributed by atoms with Crippen LogP contribution in [0.15, 0.2) is 47.2 Å². The van der Waals surface area contributed by atoms with Gasteiger partial charge in [-0.2, -0.15) is 11.3 Å². The molecule has 0 aliphatic heterocycles. The minimum absolute atomic E-state index is 0. The van der Waals surface area contributed by atoms with E-state index in [1.807, 2.05) is 39.2 Å². The largest absolute Gasteiger partial charge is 0.337 e. The normalized spacial score (nSPS) is 13.5. The highest BCUT2D eigenvalue weighted by molar-refractivity contribution is 7.07. The van der Waals surface area contributed by atoms with E-state index in [9.17, 15) is 4.79 Å². The molecule has 0 saturated carbocycles. The van der Waals surface area contributed by atoms with Crippen LogP contribution in [0.25, 0.3) is 0 Å². The van der Waals surface area contributed by atoms with Gasteiger partial charge in [0.2, 0.25) is 0 Å². The molecule has 0 radical (unpaired) electrons. The van der Waals surface area contributed by atoms with Crippen LogP contribution in [0, 0.1) is 0 Å². The van der Waals surface area contributed by atoms with Crippen molar-refractivity contribution in [3.8, 4) is 0 Å². The lowest BCUT2D eigenvalue weighted by Crippen LogP contribution is -2.47. The Morgan fingerprint density at radius 1 is 1.17 bits per heavy atom. The van der Waals surface area contributed by atoms with Crippen molar-refractivity contribution >= 4 is 17.4 Å². The fraction of sp³-hybridized carbons (Fsp3) is 0.421. The van der Waals surface area contributed by atoms with E-state index in [-0.39, 0.29) is 21.0 Å². The molecule has 2 rings (SSSR count). The van der Waals surface area contributed by atoms with Crippen LogP contribution in [-0.4, -0.2) is 43.7 Å². The molecule has 0 aliphatic rings. The maximum atomic E-state index is 12.1. The maximum Gasteiger partial charge on any atom is 0.315 e. The van der Waals surface area contributed by atoms with Gasteiger partial charge >= 0.3 is 6.03 Å². The molecule has 2 N–H and O–H groups in total. The standard InChI is InChI=1S/C19H27N3OS.2H2/c1-15(11-17-9-10-24-14-17)21-19(23)20-13-18(22(2)3)12-16-7-5-4-6-8-16;;/h4-10,14-15,18H,11-13H2,1-3H3,(H2,20,21,23);2*1H. The second kappa shape index (κ2) is 9.45. The molecule has 1 aromatic carbocycles. The smallest absolute Gasteiger partial charge is 0.315 e. The summed E-state index contributed by atoms with van der Waals surface area (Å²) in [6.07, 6.45) is 1.77. The molecule has 0 saturated heterocycles. The van der Waals surface area contributed by atoms with Gasteiger partial charge in [0.05, 0.1) is 0 Å². The number of thiophene rings is 1. The number of urea groups is 1. The Morgan fingerprint density at radius 2 is 1.92 bits per heavy atom. The Balaban J connectivity index is 0.00000312. The number of rotatable bonds is 8. The minimum atomic E-state index is -0.0994. The number of nitrogens with one attached hydrogen (secondary N) is 2. The quantitative estimate of drug-likeness (QED) is 0.764. The average molecular weight is 350 g/mol. The van der Waals surface area contributed by atoms with Crippen LogP contribution >= 0.6 is 11.3 Å². The van der Waals surface area contributed by atoms with Gasteiger partial charge in [-0.25, -0.2) is 4.79 Å². The van der Waals surface area contributed by atoms with Crippen molar-refractivity contribution in [3.63, 3.8) is 0 Å². The molecule has 24 heavy (non-hydrogen) atoms. The van der Waals surface area contributed by atoms with Crippen LogP contribution in [0.5, 0.6) is 0 Å². The zero-order valence-corrected chi connectivity index (χ0v) is 15.5. The summed E-state index contributed by atoms with van der Waals surface area (Å²) in [6, 6.07) is 12.8. The summed E-state index contributed by atoms with van der Waals surface area (Å²) in [4.78, 5) is 14.3. The Bertz CT molecular complexity index is 609. The van der Waals surface area contributed by atoms with E-state index in [0.29, 0.717) is 6.54 Å². The number of benzene rings is 1. The van der Waals surface area contributed by atoms with Gasteiger partial charge in [-0.3, -0.25) is 0 Å². The lowest BCUT2D eigenvalue weighted by molar-refractivity contribution is 0.229. The SMILES string of the molecule is CC(Cc1ccsc1)NC(=O)NCC(Cc1ccccc1)N(C)C.[HH].[HH]. The van der Waals surface area contributed by atoms with Gasteiger partial charge < -0.3 is 15.5 Å². The van der Waals surface area contributed by atoms with Gasteiger partial charge in [0.25, 0.3) is 0 Å². The molecule has 1 aromatic heterocycles. The van der Waals surface area contributed by atoms with Crippen molar-refractivity contribution in [2.24, 2.45) is 0 Å². The van der Waals surface area contributed by atoms with Crippen LogP contribution in [0.2, 0.25) is 0 Å². The Kier molecular flexibility index (Phi) is 7.28. The molecule has 2 unspecified atom stereocenters. The summed E-state index contributed by atoms with van der Waals surface area (Å²) in [5.41, 5.74) is 2.55. The van der Waals surface area contributed by atoms with Crippen molar-refractivity contribution in [2.45, 2.75) is 31.8 Å². The predicted molar refractivity (Wildman–Crippen MR) is 106 cm³/mol. The van der Waals surface area contributed by atoms with Gasteiger partial charge in [0.1, 0.15) is 0 Å². The van der Waals surface area contributed by atoms with Gasteiger partial charge in [-0.15, -0.1) is 0 Å². The van der Waals surface area contributed by atoms with Crippen LogP contribution in [-0.2, 0) is 12.8 Å². The zero-order valence-electron chi connectivity index (χ0n) is 14.7. The molecular formula is C19H31N3OS. The van der Waals surface area contributed by atoms with Gasteiger partial charge in [-0.05, 0) is 61.8 Å². The number of carbonyl (C=O) groups is 1. The molecule has 134 valence electrons. The first-order chi connectivity index (χ1) is 11.5. The lowest BCUT2D eigenvalue weighted by atomic mass is 10.1. The average Bonchev–Trinajstić information content (AvgIpc) is 3.04. The lowest BCUT2D eigenvalue weighted by Gasteiger charge is -2.25. The fourth-order valence-electron chi connectivity index (χ4n) is 2.62. The highest BCUT2D eigenvalue weighted by atomic mass is 32.1. The van der Waals surface area contributed by atoms with E-state index >= 15 is 0 Å². The third kappa shape index (κ3) is 6.34. The summed E-state index contributed by atoms with van der Waals surface area (Å²) in [5, 5.41) is 10.2. The molecule has 2 amide bonds. The molecular weight excluding hydrogens is 318 g/mol. The van der Waals surface area contributed by atoms with E-state index in [1.165, 1.54) is 11.1 Å². The summed E-state index contributed by atoms with van der Waals surface area (Å²) in [5.74, 6) is 0. The molecule has 0 fully saturated rings. The fourth-order valence-corrected chi connectivity index (χ4v) is 3.30. The van der Waals surface area contributed by atoms with Crippen molar-refractivity contribution in [1.82, 2.24) is 15.5 Å². The van der Waals surface area contributed by atoms with E-state index in [4.69, 9.17) is 0 Å². The highest BCUT2D eigenvalue weighted by Crippen LogP contribution is 2.09.